The molecule has 0 aliphatic heterocycles. The summed E-state index contributed by atoms with van der Waals surface area (Å²) < 4.78 is 15.9. The van der Waals surface area contributed by atoms with Crippen molar-refractivity contribution in [1.82, 2.24) is 29.9 Å². The van der Waals surface area contributed by atoms with Gasteiger partial charge in [0.1, 0.15) is 23.9 Å². The average Bonchev–Trinajstić information content (AvgIpc) is 3.30. The van der Waals surface area contributed by atoms with Crippen LogP contribution in [-0.2, 0) is 6.42 Å². The number of aliphatic hydroxyl groups is 1. The first kappa shape index (κ1) is 25.7. The molecule has 4 rings (SSSR count). The standard InChI is InChI=1S/C26H27FN8O2/c1-4-5-23-29-9-8-24(34-23)33-19-11-20(21-7-6-17-10-16(12-28)13-32-35(17)21)30-14-18(19)25(36)31-15-22(27)26(2,3)37/h6-11,13-14,22,37H,4-5,15H2,1-3H3,(H,31,36)(H,29,30,33,34)/t22-/m1/s1. The van der Waals surface area contributed by atoms with Crippen LogP contribution in [0.15, 0.2) is 48.9 Å². The zero-order valence-electron chi connectivity index (χ0n) is 20.7. The number of amides is 1. The second-order valence-corrected chi connectivity index (χ2v) is 9.09. The summed E-state index contributed by atoms with van der Waals surface area (Å²) in [6, 6.07) is 10.8. The van der Waals surface area contributed by atoms with Crippen molar-refractivity contribution in [3.05, 3.63) is 65.9 Å². The van der Waals surface area contributed by atoms with E-state index < -0.39 is 17.7 Å². The number of anilines is 2. The van der Waals surface area contributed by atoms with Gasteiger partial charge in [0.15, 0.2) is 0 Å². The number of hydrogen-bond acceptors (Lipinski definition) is 8. The molecule has 0 unspecified atom stereocenters. The van der Waals surface area contributed by atoms with Gasteiger partial charge in [-0.1, -0.05) is 6.92 Å². The molecule has 1 atom stereocenters. The maximum Gasteiger partial charge on any atom is 0.255 e. The fraction of sp³-hybridized carbons (Fsp3) is 0.308. The number of rotatable bonds is 9. The van der Waals surface area contributed by atoms with Crippen LogP contribution in [0, 0.1) is 11.3 Å². The summed E-state index contributed by atoms with van der Waals surface area (Å²) in [5.74, 6) is 0.586. The minimum atomic E-state index is -1.66. The van der Waals surface area contributed by atoms with Crippen molar-refractivity contribution in [3.8, 4) is 17.5 Å². The number of halogens is 1. The van der Waals surface area contributed by atoms with Crippen molar-refractivity contribution in [2.24, 2.45) is 0 Å². The molecule has 0 saturated carbocycles. The van der Waals surface area contributed by atoms with Crippen LogP contribution in [0.1, 0.15) is 48.9 Å². The number of carbonyl (C=O) groups is 1. The molecule has 0 spiro atoms. The number of alkyl halides is 1. The number of fused-ring (bicyclic) bond motifs is 1. The largest absolute Gasteiger partial charge is 0.387 e. The fourth-order valence-corrected chi connectivity index (χ4v) is 3.61. The van der Waals surface area contributed by atoms with Crippen LogP contribution < -0.4 is 10.6 Å². The predicted molar refractivity (Wildman–Crippen MR) is 136 cm³/mol. The lowest BCUT2D eigenvalue weighted by atomic mass is 10.0. The number of nitrogens with zero attached hydrogens (tertiary/aromatic N) is 6. The number of aryl methyl sites for hydroxylation is 1. The van der Waals surface area contributed by atoms with E-state index in [2.05, 4.69) is 36.8 Å². The Labute approximate surface area is 213 Å². The van der Waals surface area contributed by atoms with Gasteiger partial charge in [-0.05, 0) is 50.6 Å². The van der Waals surface area contributed by atoms with E-state index in [-0.39, 0.29) is 12.1 Å². The van der Waals surface area contributed by atoms with Crippen molar-refractivity contribution in [2.75, 3.05) is 11.9 Å². The van der Waals surface area contributed by atoms with Gasteiger partial charge in [0.05, 0.1) is 52.1 Å². The van der Waals surface area contributed by atoms with Crippen LogP contribution in [0.2, 0.25) is 0 Å². The minimum Gasteiger partial charge on any atom is -0.387 e. The molecule has 0 fully saturated rings. The van der Waals surface area contributed by atoms with E-state index in [4.69, 9.17) is 5.26 Å². The first-order chi connectivity index (χ1) is 17.7. The minimum absolute atomic E-state index is 0.169. The second kappa shape index (κ2) is 10.7. The quantitative estimate of drug-likeness (QED) is 0.315. The van der Waals surface area contributed by atoms with Gasteiger partial charge in [-0.2, -0.15) is 10.4 Å². The molecule has 4 heterocycles. The zero-order valence-corrected chi connectivity index (χ0v) is 20.7. The normalized spacial score (nSPS) is 12.2. The SMILES string of the molecule is CCCc1nccc(Nc2cc(-c3ccc4cc(C#N)cnn34)ncc2C(=O)NC[C@@H](F)C(C)(C)O)n1. The molecule has 10 nitrogen and oxygen atoms in total. The molecule has 3 N–H and O–H groups in total. The first-order valence-electron chi connectivity index (χ1n) is 11.8. The molecule has 0 radical (unpaired) electrons. The number of carbonyl (C=O) groups excluding carboxylic acids is 1. The maximum atomic E-state index is 14.3. The van der Waals surface area contributed by atoms with Gasteiger partial charge >= 0.3 is 0 Å². The maximum absolute atomic E-state index is 14.3. The van der Waals surface area contributed by atoms with Gasteiger partial charge in [-0.25, -0.2) is 18.9 Å². The fourth-order valence-electron chi connectivity index (χ4n) is 3.61. The van der Waals surface area contributed by atoms with Crippen molar-refractivity contribution >= 4 is 22.9 Å². The number of nitrogens with one attached hydrogen (secondary N) is 2. The van der Waals surface area contributed by atoms with E-state index in [1.54, 1.807) is 28.9 Å². The molecule has 0 saturated heterocycles. The van der Waals surface area contributed by atoms with Gasteiger partial charge in [-0.15, -0.1) is 0 Å². The number of hydrogen-bond donors (Lipinski definition) is 3. The van der Waals surface area contributed by atoms with E-state index >= 15 is 0 Å². The summed E-state index contributed by atoms with van der Waals surface area (Å²) in [7, 11) is 0. The molecule has 0 bridgehead atoms. The van der Waals surface area contributed by atoms with Crippen LogP contribution in [0.4, 0.5) is 15.9 Å². The molecule has 4 aromatic rings. The Morgan fingerprint density at radius 1 is 1.24 bits per heavy atom. The summed E-state index contributed by atoms with van der Waals surface area (Å²) in [6.07, 6.45) is 4.41. The van der Waals surface area contributed by atoms with E-state index in [9.17, 15) is 14.3 Å². The van der Waals surface area contributed by atoms with Crippen molar-refractivity contribution in [2.45, 2.75) is 45.4 Å². The highest BCUT2D eigenvalue weighted by atomic mass is 19.1. The van der Waals surface area contributed by atoms with Crippen LogP contribution >= 0.6 is 0 Å². The molecule has 190 valence electrons. The number of aromatic nitrogens is 5. The highest BCUT2D eigenvalue weighted by Gasteiger charge is 2.27. The third-order valence-corrected chi connectivity index (χ3v) is 5.69. The van der Waals surface area contributed by atoms with Crippen LogP contribution in [0.3, 0.4) is 0 Å². The highest BCUT2D eigenvalue weighted by molar-refractivity contribution is 6.00. The molecule has 11 heteroatoms. The molecule has 37 heavy (non-hydrogen) atoms. The Morgan fingerprint density at radius 3 is 2.78 bits per heavy atom. The van der Waals surface area contributed by atoms with E-state index in [0.717, 1.165) is 6.42 Å². The summed E-state index contributed by atoms with van der Waals surface area (Å²) in [5, 5.41) is 29.0. The zero-order chi connectivity index (χ0) is 26.6. The molecule has 0 aromatic carbocycles. The Kier molecular flexibility index (Phi) is 7.40. The predicted octanol–water partition coefficient (Wildman–Crippen LogP) is 3.59. The molecular formula is C26H27FN8O2. The Bertz CT molecular complexity index is 1470. The Balaban J connectivity index is 1.71. The molecule has 0 aliphatic carbocycles. The van der Waals surface area contributed by atoms with E-state index in [1.807, 2.05) is 19.1 Å². The van der Waals surface area contributed by atoms with E-state index in [1.165, 1.54) is 26.2 Å². The highest BCUT2D eigenvalue weighted by Crippen LogP contribution is 2.27. The summed E-state index contributed by atoms with van der Waals surface area (Å²) in [6.45, 7) is 4.34. The Morgan fingerprint density at radius 2 is 2.05 bits per heavy atom. The molecular weight excluding hydrogens is 475 g/mol. The van der Waals surface area contributed by atoms with Crippen molar-refractivity contribution < 1.29 is 14.3 Å². The third kappa shape index (κ3) is 5.87. The van der Waals surface area contributed by atoms with Crippen LogP contribution in [-0.4, -0.2) is 53.9 Å². The lowest BCUT2D eigenvalue weighted by molar-refractivity contribution is -0.00177. The first-order valence-corrected chi connectivity index (χ1v) is 11.8. The van der Waals surface area contributed by atoms with Crippen LogP contribution in [0.25, 0.3) is 16.9 Å². The van der Waals surface area contributed by atoms with Gasteiger partial charge in [0, 0.05) is 18.8 Å². The van der Waals surface area contributed by atoms with Crippen molar-refractivity contribution in [1.29, 1.82) is 5.26 Å². The second-order valence-electron chi connectivity index (χ2n) is 9.09. The van der Waals surface area contributed by atoms with Crippen molar-refractivity contribution in [3.63, 3.8) is 0 Å². The van der Waals surface area contributed by atoms with Gasteiger partial charge in [-0.3, -0.25) is 9.78 Å². The lowest BCUT2D eigenvalue weighted by Crippen LogP contribution is -2.42. The smallest absolute Gasteiger partial charge is 0.255 e. The molecule has 0 aliphatic rings. The monoisotopic (exact) mass is 502 g/mol. The van der Waals surface area contributed by atoms with E-state index in [0.29, 0.717) is 46.2 Å². The average molecular weight is 503 g/mol. The topological polar surface area (TPSA) is 141 Å². The summed E-state index contributed by atoms with van der Waals surface area (Å²) >= 11 is 0. The van der Waals surface area contributed by atoms with Gasteiger partial charge in [0.25, 0.3) is 5.91 Å². The number of pyridine rings is 1. The van der Waals surface area contributed by atoms with Gasteiger partial charge < -0.3 is 15.7 Å². The third-order valence-electron chi connectivity index (χ3n) is 5.69. The number of nitriles is 1. The summed E-state index contributed by atoms with van der Waals surface area (Å²) in [4.78, 5) is 26.2. The van der Waals surface area contributed by atoms with Gasteiger partial charge in [0.2, 0.25) is 0 Å². The van der Waals surface area contributed by atoms with Crippen LogP contribution in [0.5, 0.6) is 0 Å². The molecule has 4 aromatic heterocycles. The molecule has 1 amide bonds. The Hall–Kier alpha value is -4.43. The summed E-state index contributed by atoms with van der Waals surface area (Å²) in [5.41, 5.74) is 1.28. The lowest BCUT2D eigenvalue weighted by Gasteiger charge is -2.22.